The zero-order valence-electron chi connectivity index (χ0n) is 20.9. The van der Waals surface area contributed by atoms with Gasteiger partial charge in [0.2, 0.25) is 5.78 Å². The number of amides is 1. The minimum atomic E-state index is -0.331. The van der Waals surface area contributed by atoms with Crippen molar-refractivity contribution in [1.29, 1.82) is 0 Å². The molecule has 0 bridgehead atoms. The standard InChI is InChI=1S/C28H33N5O3/c1-19(2)15-16-31-26(35)23-14-13-21(25(34)29-22-11-7-4-8-12-22)17-24(23)33-27(31)30-32(28(33)36)18-20-9-5-3-6-10-20/h3,5-6,9-10,13-14,17,19,22H,4,7-8,11-12,15-16,18H2,1-2H3,(H,29,34). The largest absolute Gasteiger partial charge is 0.352 e. The van der Waals surface area contributed by atoms with E-state index in [4.69, 9.17) is 0 Å². The molecule has 1 aliphatic carbocycles. The minimum Gasteiger partial charge on any atom is -0.349 e. The van der Waals surface area contributed by atoms with Gasteiger partial charge in [0.15, 0.2) is 0 Å². The highest BCUT2D eigenvalue weighted by Crippen LogP contribution is 2.19. The van der Waals surface area contributed by atoms with Gasteiger partial charge in [0.25, 0.3) is 11.5 Å². The SMILES string of the molecule is CC(C)CCn1c(=O)c2ccc(C(=O)NC3CCCCC3)cc2n2c(=O)n(Cc3ccccc3)nc12. The van der Waals surface area contributed by atoms with Crippen LogP contribution in [-0.2, 0) is 13.1 Å². The lowest BCUT2D eigenvalue weighted by Gasteiger charge is -2.22. The lowest BCUT2D eigenvalue weighted by atomic mass is 9.95. The van der Waals surface area contributed by atoms with E-state index in [0.717, 1.165) is 37.7 Å². The third-order valence-corrected chi connectivity index (χ3v) is 7.09. The van der Waals surface area contributed by atoms with Crippen molar-refractivity contribution < 1.29 is 4.79 Å². The maximum Gasteiger partial charge on any atom is 0.352 e. The molecule has 0 unspecified atom stereocenters. The normalized spacial score (nSPS) is 14.6. The number of fused-ring (bicyclic) bond motifs is 3. The predicted molar refractivity (Wildman–Crippen MR) is 141 cm³/mol. The molecule has 8 heteroatoms. The van der Waals surface area contributed by atoms with Crippen molar-refractivity contribution in [1.82, 2.24) is 24.1 Å². The average Bonchev–Trinajstić information content (AvgIpc) is 3.20. The lowest BCUT2D eigenvalue weighted by Crippen LogP contribution is -2.36. The Morgan fingerprint density at radius 2 is 1.81 bits per heavy atom. The Labute approximate surface area is 209 Å². The van der Waals surface area contributed by atoms with Gasteiger partial charge >= 0.3 is 5.69 Å². The number of hydrogen-bond donors (Lipinski definition) is 1. The second-order valence-corrected chi connectivity index (χ2v) is 10.2. The smallest absolute Gasteiger partial charge is 0.349 e. The van der Waals surface area contributed by atoms with Gasteiger partial charge in [-0.25, -0.2) is 13.9 Å². The first-order valence-corrected chi connectivity index (χ1v) is 12.9. The number of nitrogens with one attached hydrogen (secondary N) is 1. The summed E-state index contributed by atoms with van der Waals surface area (Å²) in [4.78, 5) is 40.2. The zero-order valence-corrected chi connectivity index (χ0v) is 20.9. The summed E-state index contributed by atoms with van der Waals surface area (Å²) in [6.45, 7) is 4.95. The molecule has 0 aliphatic heterocycles. The molecule has 1 fully saturated rings. The third kappa shape index (κ3) is 4.72. The van der Waals surface area contributed by atoms with E-state index in [9.17, 15) is 14.4 Å². The van der Waals surface area contributed by atoms with Gasteiger partial charge in [0, 0.05) is 18.2 Å². The van der Waals surface area contributed by atoms with Gasteiger partial charge < -0.3 is 5.32 Å². The summed E-state index contributed by atoms with van der Waals surface area (Å²) < 4.78 is 4.47. The maximum absolute atomic E-state index is 13.6. The van der Waals surface area contributed by atoms with Crippen LogP contribution in [0.5, 0.6) is 0 Å². The first-order valence-electron chi connectivity index (χ1n) is 12.9. The van der Waals surface area contributed by atoms with E-state index in [1.165, 1.54) is 15.5 Å². The Hall–Kier alpha value is -3.68. The van der Waals surface area contributed by atoms with E-state index in [1.807, 2.05) is 30.3 Å². The summed E-state index contributed by atoms with van der Waals surface area (Å²) in [5.41, 5.74) is 1.26. The lowest BCUT2D eigenvalue weighted by molar-refractivity contribution is 0.0928. The summed E-state index contributed by atoms with van der Waals surface area (Å²) in [5.74, 6) is 0.515. The number of carbonyl (C=O) groups excluding carboxylic acids is 1. The summed E-state index contributed by atoms with van der Waals surface area (Å²) >= 11 is 0. The van der Waals surface area contributed by atoms with Crippen LogP contribution in [0.15, 0.2) is 58.1 Å². The van der Waals surface area contributed by atoms with Crippen LogP contribution in [0.2, 0.25) is 0 Å². The second kappa shape index (κ2) is 10.1. The molecule has 8 nitrogen and oxygen atoms in total. The average molecular weight is 488 g/mol. The number of carbonyl (C=O) groups is 1. The van der Waals surface area contributed by atoms with E-state index in [2.05, 4.69) is 24.3 Å². The quantitative estimate of drug-likeness (QED) is 0.427. The van der Waals surface area contributed by atoms with Crippen LogP contribution in [0.3, 0.4) is 0 Å². The molecule has 0 saturated heterocycles. The molecular weight excluding hydrogens is 454 g/mol. The topological polar surface area (TPSA) is 90.4 Å². The van der Waals surface area contributed by atoms with Crippen molar-refractivity contribution in [2.24, 2.45) is 5.92 Å². The Morgan fingerprint density at radius 3 is 2.53 bits per heavy atom. The van der Waals surface area contributed by atoms with Crippen LogP contribution in [0.4, 0.5) is 0 Å². The number of nitrogens with zero attached hydrogens (tertiary/aromatic N) is 4. The molecule has 5 rings (SSSR count). The fraction of sp³-hybridized carbons (Fsp3) is 0.429. The highest BCUT2D eigenvalue weighted by molar-refractivity contribution is 5.98. The number of benzene rings is 2. The predicted octanol–water partition coefficient (Wildman–Crippen LogP) is 3.97. The molecule has 36 heavy (non-hydrogen) atoms. The van der Waals surface area contributed by atoms with Crippen LogP contribution in [0, 0.1) is 5.92 Å². The van der Waals surface area contributed by atoms with Crippen LogP contribution >= 0.6 is 0 Å². The van der Waals surface area contributed by atoms with Gasteiger partial charge in [0.05, 0.1) is 17.4 Å². The molecule has 0 atom stereocenters. The van der Waals surface area contributed by atoms with Crippen molar-refractivity contribution in [3.05, 3.63) is 80.5 Å². The van der Waals surface area contributed by atoms with Gasteiger partial charge in [-0.05, 0) is 48.9 Å². The molecule has 0 spiro atoms. The number of rotatable bonds is 7. The van der Waals surface area contributed by atoms with Crippen molar-refractivity contribution >= 4 is 22.6 Å². The Bertz CT molecular complexity index is 1510. The monoisotopic (exact) mass is 487 g/mol. The van der Waals surface area contributed by atoms with E-state index in [0.29, 0.717) is 41.3 Å². The number of aryl methyl sites for hydroxylation is 1. The molecule has 0 radical (unpaired) electrons. The number of aromatic nitrogens is 4. The molecule has 1 N–H and O–H groups in total. The van der Waals surface area contributed by atoms with Crippen LogP contribution in [0.1, 0.15) is 68.3 Å². The molecule has 1 saturated carbocycles. The molecule has 4 aromatic rings. The van der Waals surface area contributed by atoms with E-state index < -0.39 is 0 Å². The Balaban J connectivity index is 1.64. The highest BCUT2D eigenvalue weighted by atomic mass is 16.2. The van der Waals surface area contributed by atoms with Gasteiger partial charge in [-0.1, -0.05) is 63.4 Å². The summed E-state index contributed by atoms with van der Waals surface area (Å²) in [5, 5.41) is 8.13. The zero-order chi connectivity index (χ0) is 25.2. The van der Waals surface area contributed by atoms with Gasteiger partial charge in [-0.2, -0.15) is 0 Å². The van der Waals surface area contributed by atoms with E-state index in [-0.39, 0.29) is 23.2 Å². The molecule has 1 aliphatic rings. The van der Waals surface area contributed by atoms with Crippen molar-refractivity contribution in [2.75, 3.05) is 0 Å². The van der Waals surface area contributed by atoms with E-state index in [1.54, 1.807) is 22.8 Å². The van der Waals surface area contributed by atoms with Crippen molar-refractivity contribution in [3.63, 3.8) is 0 Å². The van der Waals surface area contributed by atoms with Crippen LogP contribution in [0.25, 0.3) is 16.7 Å². The van der Waals surface area contributed by atoms with Crippen molar-refractivity contribution in [2.45, 2.75) is 71.5 Å². The summed E-state index contributed by atoms with van der Waals surface area (Å²) in [6.07, 6.45) is 6.19. The summed E-state index contributed by atoms with van der Waals surface area (Å²) in [7, 11) is 0. The molecule has 2 heterocycles. The molecular formula is C28H33N5O3. The Kier molecular flexibility index (Phi) is 6.76. The minimum absolute atomic E-state index is 0.169. The molecule has 2 aromatic heterocycles. The fourth-order valence-corrected chi connectivity index (χ4v) is 5.02. The fourth-order valence-electron chi connectivity index (χ4n) is 5.02. The molecule has 2 aromatic carbocycles. The second-order valence-electron chi connectivity index (χ2n) is 10.2. The maximum atomic E-state index is 13.6. The third-order valence-electron chi connectivity index (χ3n) is 7.09. The van der Waals surface area contributed by atoms with Crippen molar-refractivity contribution in [3.8, 4) is 0 Å². The molecule has 188 valence electrons. The van der Waals surface area contributed by atoms with Gasteiger partial charge in [0.1, 0.15) is 0 Å². The molecule has 1 amide bonds. The van der Waals surface area contributed by atoms with E-state index >= 15 is 0 Å². The highest BCUT2D eigenvalue weighted by Gasteiger charge is 2.21. The summed E-state index contributed by atoms with van der Waals surface area (Å²) in [6, 6.07) is 14.8. The van der Waals surface area contributed by atoms with Gasteiger partial charge in [-0.15, -0.1) is 5.10 Å². The first kappa shape index (κ1) is 24.0. The Morgan fingerprint density at radius 1 is 1.06 bits per heavy atom. The number of hydrogen-bond acceptors (Lipinski definition) is 4. The van der Waals surface area contributed by atoms with Gasteiger partial charge in [-0.3, -0.25) is 14.2 Å². The first-order chi connectivity index (χ1) is 17.4. The van der Waals surface area contributed by atoms with Crippen LogP contribution < -0.4 is 16.6 Å². The van der Waals surface area contributed by atoms with Crippen LogP contribution in [-0.4, -0.2) is 30.7 Å².